The van der Waals surface area contributed by atoms with Gasteiger partial charge in [-0.1, -0.05) is 12.0 Å². The summed E-state index contributed by atoms with van der Waals surface area (Å²) in [5, 5.41) is 13.7. The van der Waals surface area contributed by atoms with E-state index >= 15 is 0 Å². The molecule has 0 fully saturated rings. The van der Waals surface area contributed by atoms with Gasteiger partial charge in [-0.3, -0.25) is 15.1 Å². The van der Waals surface area contributed by atoms with Crippen molar-refractivity contribution in [1.29, 1.82) is 0 Å². The maximum absolute atomic E-state index is 11.8. The van der Waals surface area contributed by atoms with Crippen LogP contribution in [0, 0.1) is 0 Å². The van der Waals surface area contributed by atoms with E-state index in [1.54, 1.807) is 23.0 Å². The number of rotatable bonds is 4. The molecule has 1 amide bonds. The number of aryl methyl sites for hydroxylation is 1. The molecule has 0 aliphatic rings. The van der Waals surface area contributed by atoms with Gasteiger partial charge in [0.05, 0.1) is 5.56 Å². The Labute approximate surface area is 97.9 Å². The first-order valence-electron chi connectivity index (χ1n) is 5.29. The van der Waals surface area contributed by atoms with Gasteiger partial charge in [0, 0.05) is 18.9 Å². The van der Waals surface area contributed by atoms with Gasteiger partial charge < -0.3 is 0 Å². The van der Waals surface area contributed by atoms with Crippen LogP contribution in [0.15, 0.2) is 24.5 Å². The first-order chi connectivity index (χ1) is 8.31. The molecule has 0 spiro atoms. The van der Waals surface area contributed by atoms with E-state index in [1.165, 1.54) is 6.20 Å². The number of nitrogens with zero attached hydrogens (tertiary/aromatic N) is 5. The van der Waals surface area contributed by atoms with Crippen LogP contribution < -0.4 is 5.32 Å². The monoisotopic (exact) mass is 232 g/mol. The molecule has 2 aromatic heterocycles. The summed E-state index contributed by atoms with van der Waals surface area (Å²) in [6.45, 7) is 2.67. The fourth-order valence-corrected chi connectivity index (χ4v) is 1.33. The largest absolute Gasteiger partial charge is 0.289 e. The number of tetrazole rings is 1. The van der Waals surface area contributed by atoms with E-state index in [0.717, 1.165) is 6.42 Å². The number of amides is 1. The molecule has 7 heteroatoms. The minimum atomic E-state index is -0.273. The average molecular weight is 232 g/mol. The van der Waals surface area contributed by atoms with E-state index in [1.807, 2.05) is 6.92 Å². The van der Waals surface area contributed by atoms with Crippen LogP contribution in [0.4, 0.5) is 5.95 Å². The number of nitrogens with one attached hydrogen (secondary N) is 1. The highest BCUT2D eigenvalue weighted by Gasteiger charge is 2.11. The van der Waals surface area contributed by atoms with Gasteiger partial charge in [-0.05, 0) is 29.0 Å². The highest BCUT2D eigenvalue weighted by Crippen LogP contribution is 2.04. The van der Waals surface area contributed by atoms with E-state index in [4.69, 9.17) is 0 Å². The SMILES string of the molecule is CCCn1nnnc1NC(=O)c1cccnc1. The molecule has 0 saturated heterocycles. The molecule has 2 rings (SSSR count). The van der Waals surface area contributed by atoms with Crippen molar-refractivity contribution in [3.05, 3.63) is 30.1 Å². The molecular formula is C10H12N6O. The Kier molecular flexibility index (Phi) is 3.39. The minimum absolute atomic E-state index is 0.273. The maximum atomic E-state index is 11.8. The summed E-state index contributed by atoms with van der Waals surface area (Å²) in [7, 11) is 0. The topological polar surface area (TPSA) is 85.6 Å². The molecule has 17 heavy (non-hydrogen) atoms. The Morgan fingerprint density at radius 3 is 3.12 bits per heavy atom. The van der Waals surface area contributed by atoms with Crippen LogP contribution in [0.1, 0.15) is 23.7 Å². The van der Waals surface area contributed by atoms with Crippen LogP contribution >= 0.6 is 0 Å². The van der Waals surface area contributed by atoms with Crippen molar-refractivity contribution in [2.75, 3.05) is 5.32 Å². The van der Waals surface area contributed by atoms with E-state index in [0.29, 0.717) is 18.1 Å². The van der Waals surface area contributed by atoms with Crippen molar-refractivity contribution in [2.24, 2.45) is 0 Å². The van der Waals surface area contributed by atoms with Crippen LogP contribution in [-0.2, 0) is 6.54 Å². The summed E-state index contributed by atoms with van der Waals surface area (Å²) < 4.78 is 1.55. The van der Waals surface area contributed by atoms with Crippen molar-refractivity contribution in [3.8, 4) is 0 Å². The van der Waals surface area contributed by atoms with Gasteiger partial charge >= 0.3 is 0 Å². The predicted molar refractivity (Wildman–Crippen MR) is 60.3 cm³/mol. The fraction of sp³-hybridized carbons (Fsp3) is 0.300. The number of pyridine rings is 1. The third kappa shape index (κ3) is 2.63. The Balaban J connectivity index is 2.11. The summed E-state index contributed by atoms with van der Waals surface area (Å²) in [4.78, 5) is 15.7. The maximum Gasteiger partial charge on any atom is 0.259 e. The molecule has 2 heterocycles. The molecule has 0 radical (unpaired) electrons. The Morgan fingerprint density at radius 1 is 1.53 bits per heavy atom. The van der Waals surface area contributed by atoms with E-state index in [-0.39, 0.29) is 5.91 Å². The van der Waals surface area contributed by atoms with Crippen molar-refractivity contribution in [1.82, 2.24) is 25.2 Å². The average Bonchev–Trinajstić information content (AvgIpc) is 2.78. The molecule has 0 saturated carbocycles. The highest BCUT2D eigenvalue weighted by atomic mass is 16.1. The van der Waals surface area contributed by atoms with E-state index in [9.17, 15) is 4.79 Å². The van der Waals surface area contributed by atoms with Crippen molar-refractivity contribution in [2.45, 2.75) is 19.9 Å². The molecular weight excluding hydrogens is 220 g/mol. The van der Waals surface area contributed by atoms with E-state index < -0.39 is 0 Å². The zero-order valence-electron chi connectivity index (χ0n) is 9.37. The zero-order chi connectivity index (χ0) is 12.1. The van der Waals surface area contributed by atoms with Gasteiger partial charge in [-0.25, -0.2) is 4.68 Å². The number of hydrogen-bond acceptors (Lipinski definition) is 5. The molecule has 0 atom stereocenters. The minimum Gasteiger partial charge on any atom is -0.289 e. The summed E-state index contributed by atoms with van der Waals surface area (Å²) in [5.74, 6) is 0.0750. The number of hydrogen-bond donors (Lipinski definition) is 1. The van der Waals surface area contributed by atoms with Crippen molar-refractivity contribution in [3.63, 3.8) is 0 Å². The van der Waals surface area contributed by atoms with Crippen LogP contribution in [0.25, 0.3) is 0 Å². The molecule has 0 aliphatic carbocycles. The summed E-state index contributed by atoms with van der Waals surface area (Å²) in [6, 6.07) is 3.38. The van der Waals surface area contributed by atoms with Crippen LogP contribution in [0.3, 0.4) is 0 Å². The van der Waals surface area contributed by atoms with Gasteiger partial charge in [-0.2, -0.15) is 0 Å². The molecule has 0 bridgehead atoms. The third-order valence-electron chi connectivity index (χ3n) is 2.12. The van der Waals surface area contributed by atoms with Crippen LogP contribution in [-0.4, -0.2) is 31.1 Å². The zero-order valence-corrected chi connectivity index (χ0v) is 9.37. The smallest absolute Gasteiger partial charge is 0.259 e. The second kappa shape index (κ2) is 5.15. The lowest BCUT2D eigenvalue weighted by atomic mass is 10.3. The van der Waals surface area contributed by atoms with Gasteiger partial charge in [0.1, 0.15) is 0 Å². The lowest BCUT2D eigenvalue weighted by Gasteiger charge is -2.04. The van der Waals surface area contributed by atoms with Crippen molar-refractivity contribution < 1.29 is 4.79 Å². The molecule has 0 aromatic carbocycles. The molecule has 2 aromatic rings. The molecule has 0 unspecified atom stereocenters. The Hall–Kier alpha value is -2.31. The van der Waals surface area contributed by atoms with Crippen LogP contribution in [0.2, 0.25) is 0 Å². The van der Waals surface area contributed by atoms with Gasteiger partial charge in [0.25, 0.3) is 5.91 Å². The van der Waals surface area contributed by atoms with E-state index in [2.05, 4.69) is 25.8 Å². The Bertz CT molecular complexity index is 495. The second-order valence-corrected chi connectivity index (χ2v) is 3.42. The lowest BCUT2D eigenvalue weighted by Crippen LogP contribution is -2.16. The first-order valence-corrected chi connectivity index (χ1v) is 5.29. The second-order valence-electron chi connectivity index (χ2n) is 3.42. The molecule has 88 valence electrons. The standard InChI is InChI=1S/C10H12N6O/c1-2-6-16-10(13-14-15-16)12-9(17)8-4-3-5-11-7-8/h3-5,7H,2,6H2,1H3,(H,12,13,15,17). The lowest BCUT2D eigenvalue weighted by molar-refractivity contribution is 0.102. The summed E-state index contributed by atoms with van der Waals surface area (Å²) in [5.41, 5.74) is 0.471. The molecule has 7 nitrogen and oxygen atoms in total. The number of anilines is 1. The summed E-state index contributed by atoms with van der Waals surface area (Å²) >= 11 is 0. The predicted octanol–water partition coefficient (Wildman–Crippen LogP) is 0.730. The number of carbonyl (C=O) groups excluding carboxylic acids is 1. The Morgan fingerprint density at radius 2 is 2.41 bits per heavy atom. The highest BCUT2D eigenvalue weighted by molar-refractivity contribution is 6.03. The third-order valence-corrected chi connectivity index (χ3v) is 2.12. The summed E-state index contributed by atoms with van der Waals surface area (Å²) in [6.07, 6.45) is 3.99. The molecule has 1 N–H and O–H groups in total. The fourth-order valence-electron chi connectivity index (χ4n) is 1.33. The van der Waals surface area contributed by atoms with Crippen molar-refractivity contribution >= 4 is 11.9 Å². The van der Waals surface area contributed by atoms with Gasteiger partial charge in [0.15, 0.2) is 0 Å². The van der Waals surface area contributed by atoms with Crippen LogP contribution in [0.5, 0.6) is 0 Å². The molecule has 0 aliphatic heterocycles. The number of aromatic nitrogens is 5. The first kappa shape index (κ1) is 11.2. The normalized spacial score (nSPS) is 10.2. The number of carbonyl (C=O) groups is 1. The quantitative estimate of drug-likeness (QED) is 0.839. The van der Waals surface area contributed by atoms with Gasteiger partial charge in [0.2, 0.25) is 5.95 Å². The van der Waals surface area contributed by atoms with Gasteiger partial charge in [-0.15, -0.1) is 0 Å².